The lowest BCUT2D eigenvalue weighted by molar-refractivity contribution is -0.118. The van der Waals surface area contributed by atoms with Gasteiger partial charge in [-0.25, -0.2) is 4.28 Å². The highest BCUT2D eigenvalue weighted by Crippen LogP contribution is 2.32. The lowest BCUT2D eigenvalue weighted by Gasteiger charge is -2.16. The summed E-state index contributed by atoms with van der Waals surface area (Å²) in [6.45, 7) is 6.59. The second-order valence-electron chi connectivity index (χ2n) is 5.07. The lowest BCUT2D eigenvalue weighted by atomic mass is 10.1. The van der Waals surface area contributed by atoms with Gasteiger partial charge in [0.15, 0.2) is 0 Å². The third-order valence-corrected chi connectivity index (χ3v) is 3.87. The molecule has 0 aliphatic rings. The van der Waals surface area contributed by atoms with Crippen LogP contribution in [0.4, 0.5) is 5.69 Å². The maximum absolute atomic E-state index is 10.7. The van der Waals surface area contributed by atoms with Crippen LogP contribution in [0.25, 0.3) is 10.8 Å². The Morgan fingerprint density at radius 2 is 1.75 bits per heavy atom. The Morgan fingerprint density at radius 1 is 1.08 bits per heavy atom. The molecule has 2 rings (SSSR count). The molecule has 1 amide bonds. The van der Waals surface area contributed by atoms with Crippen LogP contribution < -0.4 is 15.7 Å². The number of fused-ring (bicyclic) bond motifs is 1. The van der Waals surface area contributed by atoms with E-state index in [1.807, 2.05) is 46.1 Å². The van der Waals surface area contributed by atoms with Crippen LogP contribution in [-0.4, -0.2) is 33.1 Å². The van der Waals surface area contributed by atoms with E-state index >= 15 is 0 Å². The van der Waals surface area contributed by atoms with E-state index in [0.717, 1.165) is 10.3 Å². The molecule has 0 spiro atoms. The Labute approximate surface area is 148 Å². The molecule has 24 heavy (non-hydrogen) atoms. The third kappa shape index (κ3) is 6.03. The molecule has 0 unspecified atom stereocenters. The largest absolute Gasteiger partial charge is 0.377 e. The summed E-state index contributed by atoms with van der Waals surface area (Å²) in [6.07, 6.45) is 0. The van der Waals surface area contributed by atoms with Gasteiger partial charge in [0.2, 0.25) is 5.91 Å². The number of hydroxylamine groups is 1. The van der Waals surface area contributed by atoms with Gasteiger partial charge in [0.05, 0.1) is 12.0 Å². The standard InChI is InChI=1S/C16H21N3O2S.C2H6/c1-12(20)17-10-11-18-21-22-16-9-5-6-13-14(16)7-4-8-15(13)19(2)3;1-2/h4-9,18H,10-11H2,1-3H3,(H,17,20);1-2H3. The molecule has 0 saturated carbocycles. The minimum absolute atomic E-state index is 0.0419. The number of rotatable bonds is 7. The molecule has 2 aromatic carbocycles. The fourth-order valence-corrected chi connectivity index (χ4v) is 2.77. The van der Waals surface area contributed by atoms with Crippen LogP contribution in [0.3, 0.4) is 0 Å². The summed E-state index contributed by atoms with van der Waals surface area (Å²) in [5.41, 5.74) is 4.01. The number of benzene rings is 2. The molecule has 5 nitrogen and oxygen atoms in total. The van der Waals surface area contributed by atoms with Crippen molar-refractivity contribution in [1.29, 1.82) is 0 Å². The molecule has 132 valence electrons. The van der Waals surface area contributed by atoms with Gasteiger partial charge in [-0.3, -0.25) is 4.79 Å². The summed E-state index contributed by atoms with van der Waals surface area (Å²) in [4.78, 5) is 13.9. The van der Waals surface area contributed by atoms with Crippen LogP contribution in [0.5, 0.6) is 0 Å². The first-order valence-electron chi connectivity index (χ1n) is 8.09. The Hall–Kier alpha value is -1.76. The molecule has 0 heterocycles. The molecule has 2 aromatic rings. The molecule has 0 aromatic heterocycles. The molecule has 6 heteroatoms. The van der Waals surface area contributed by atoms with Crippen LogP contribution in [-0.2, 0) is 9.08 Å². The van der Waals surface area contributed by atoms with E-state index in [1.54, 1.807) is 0 Å². The van der Waals surface area contributed by atoms with Gasteiger partial charge in [0.25, 0.3) is 0 Å². The van der Waals surface area contributed by atoms with E-state index in [2.05, 4.69) is 33.9 Å². The number of hydrogen-bond donors (Lipinski definition) is 2. The molecule has 0 fully saturated rings. The molecule has 0 atom stereocenters. The van der Waals surface area contributed by atoms with Crippen molar-refractivity contribution in [3.05, 3.63) is 36.4 Å². The molecule has 0 bridgehead atoms. The summed E-state index contributed by atoms with van der Waals surface area (Å²) in [6, 6.07) is 12.4. The van der Waals surface area contributed by atoms with E-state index in [4.69, 9.17) is 4.28 Å². The average Bonchev–Trinajstić information content (AvgIpc) is 2.59. The number of carbonyl (C=O) groups is 1. The van der Waals surface area contributed by atoms with Crippen molar-refractivity contribution in [2.24, 2.45) is 0 Å². The number of nitrogens with zero attached hydrogens (tertiary/aromatic N) is 1. The van der Waals surface area contributed by atoms with Crippen LogP contribution in [0.1, 0.15) is 20.8 Å². The van der Waals surface area contributed by atoms with Crippen molar-refractivity contribution >= 4 is 34.4 Å². The highest BCUT2D eigenvalue weighted by molar-refractivity contribution is 7.94. The van der Waals surface area contributed by atoms with Crippen molar-refractivity contribution in [3.63, 3.8) is 0 Å². The summed E-state index contributed by atoms with van der Waals surface area (Å²) >= 11 is 1.29. The monoisotopic (exact) mass is 349 g/mol. The predicted octanol–water partition coefficient (Wildman–Crippen LogP) is 3.60. The molecule has 0 saturated heterocycles. The fourth-order valence-electron chi connectivity index (χ4n) is 2.13. The van der Waals surface area contributed by atoms with E-state index in [9.17, 15) is 4.79 Å². The molecular weight excluding hydrogens is 322 g/mol. The molecular formula is C18H27N3O2S. The zero-order valence-corrected chi connectivity index (χ0v) is 15.9. The van der Waals surface area contributed by atoms with Crippen molar-refractivity contribution in [2.45, 2.75) is 25.7 Å². The minimum atomic E-state index is -0.0419. The first-order valence-corrected chi connectivity index (χ1v) is 8.83. The van der Waals surface area contributed by atoms with Crippen molar-refractivity contribution in [2.75, 3.05) is 32.1 Å². The number of nitrogens with one attached hydrogen (secondary N) is 2. The predicted molar refractivity (Wildman–Crippen MR) is 103 cm³/mol. The van der Waals surface area contributed by atoms with Gasteiger partial charge in [0.1, 0.15) is 0 Å². The van der Waals surface area contributed by atoms with Gasteiger partial charge in [0, 0.05) is 50.1 Å². The fraction of sp³-hybridized carbons (Fsp3) is 0.389. The number of hydrogen-bond acceptors (Lipinski definition) is 5. The van der Waals surface area contributed by atoms with Gasteiger partial charge in [-0.05, 0) is 17.5 Å². The maximum atomic E-state index is 10.7. The average molecular weight is 350 g/mol. The Kier molecular flexibility index (Phi) is 9.22. The van der Waals surface area contributed by atoms with Crippen molar-refractivity contribution in [1.82, 2.24) is 10.8 Å². The third-order valence-electron chi connectivity index (χ3n) is 3.13. The number of anilines is 1. The highest BCUT2D eigenvalue weighted by atomic mass is 32.2. The molecule has 0 aliphatic heterocycles. The minimum Gasteiger partial charge on any atom is -0.377 e. The van der Waals surface area contributed by atoms with E-state index in [-0.39, 0.29) is 5.91 Å². The quantitative estimate of drug-likeness (QED) is 0.454. The van der Waals surface area contributed by atoms with Crippen LogP contribution in [0, 0.1) is 0 Å². The van der Waals surface area contributed by atoms with Crippen LogP contribution in [0.2, 0.25) is 0 Å². The van der Waals surface area contributed by atoms with Crippen LogP contribution >= 0.6 is 12.0 Å². The highest BCUT2D eigenvalue weighted by Gasteiger charge is 2.07. The first-order chi connectivity index (χ1) is 11.6. The number of carbonyl (C=O) groups excluding carboxylic acids is 1. The smallest absolute Gasteiger partial charge is 0.216 e. The summed E-state index contributed by atoms with van der Waals surface area (Å²) in [5, 5.41) is 5.05. The van der Waals surface area contributed by atoms with E-state index < -0.39 is 0 Å². The van der Waals surface area contributed by atoms with Gasteiger partial charge >= 0.3 is 0 Å². The Bertz CT molecular complexity index is 647. The normalized spacial score (nSPS) is 10.0. The van der Waals surface area contributed by atoms with Crippen molar-refractivity contribution in [3.8, 4) is 0 Å². The zero-order valence-electron chi connectivity index (χ0n) is 15.1. The van der Waals surface area contributed by atoms with Gasteiger partial charge in [-0.1, -0.05) is 38.1 Å². The van der Waals surface area contributed by atoms with Gasteiger partial charge in [-0.15, -0.1) is 0 Å². The zero-order chi connectivity index (χ0) is 17.9. The van der Waals surface area contributed by atoms with E-state index in [1.165, 1.54) is 30.0 Å². The maximum Gasteiger partial charge on any atom is 0.216 e. The first kappa shape index (κ1) is 20.3. The molecule has 0 radical (unpaired) electrons. The van der Waals surface area contributed by atoms with Gasteiger partial charge in [-0.2, -0.15) is 5.48 Å². The Balaban J connectivity index is 0.00000139. The van der Waals surface area contributed by atoms with Gasteiger partial charge < -0.3 is 10.2 Å². The lowest BCUT2D eigenvalue weighted by Crippen LogP contribution is -2.29. The van der Waals surface area contributed by atoms with Crippen LogP contribution in [0.15, 0.2) is 41.3 Å². The summed E-state index contributed by atoms with van der Waals surface area (Å²) < 4.78 is 5.41. The van der Waals surface area contributed by atoms with Crippen molar-refractivity contribution < 1.29 is 9.08 Å². The summed E-state index contributed by atoms with van der Waals surface area (Å²) in [7, 11) is 4.07. The molecule has 2 N–H and O–H groups in total. The SMILES string of the molecule is CC.CC(=O)NCCNOSc1cccc2c(N(C)C)cccc12. The second-order valence-corrected chi connectivity index (χ2v) is 5.84. The summed E-state index contributed by atoms with van der Waals surface area (Å²) in [5.74, 6) is -0.0419. The molecule has 0 aliphatic carbocycles. The Morgan fingerprint density at radius 3 is 2.42 bits per heavy atom. The topological polar surface area (TPSA) is 53.6 Å². The van der Waals surface area contributed by atoms with E-state index in [0.29, 0.717) is 13.1 Å². The second kappa shape index (κ2) is 10.9. The number of amides is 1.